The smallest absolute Gasteiger partial charge is 0.339 e. The summed E-state index contributed by atoms with van der Waals surface area (Å²) in [5, 5.41) is 20.8. The number of aliphatic hydroxyl groups excluding tert-OH is 1. The van der Waals surface area contributed by atoms with Crippen molar-refractivity contribution in [2.45, 2.75) is 0 Å². The summed E-state index contributed by atoms with van der Waals surface area (Å²) in [4.78, 5) is 35.9. The number of β-amino-alcohol motifs (C(OH)–C–C–N with tert-alkyl or cyclic N) is 1. The van der Waals surface area contributed by atoms with Gasteiger partial charge in [0, 0.05) is 15.7 Å². The number of amides is 2. The standard InChI is InChI=1S/C14H13IN2O6/c1-23-11-5-9(8(15)4-7(11)14(21)22)16-10-6-12(19)17(2-3-18)13(10)20/h4-6,16,18H,2-3H2,1H3,(H,21,22). The van der Waals surface area contributed by atoms with Crippen molar-refractivity contribution in [2.75, 3.05) is 25.6 Å². The maximum absolute atomic E-state index is 12.1. The molecule has 0 aromatic heterocycles. The Morgan fingerprint density at radius 1 is 1.39 bits per heavy atom. The van der Waals surface area contributed by atoms with E-state index in [1.54, 1.807) is 0 Å². The van der Waals surface area contributed by atoms with Crippen LogP contribution in [-0.4, -0.2) is 53.2 Å². The predicted molar refractivity (Wildman–Crippen MR) is 88.2 cm³/mol. The fraction of sp³-hybridized carbons (Fsp3) is 0.214. The van der Waals surface area contributed by atoms with Gasteiger partial charge in [-0.05, 0) is 28.7 Å². The van der Waals surface area contributed by atoms with Gasteiger partial charge in [-0.15, -0.1) is 0 Å². The molecule has 3 N–H and O–H groups in total. The van der Waals surface area contributed by atoms with Crippen LogP contribution in [0.5, 0.6) is 5.75 Å². The number of benzene rings is 1. The van der Waals surface area contributed by atoms with Gasteiger partial charge < -0.3 is 20.3 Å². The predicted octanol–water partition coefficient (Wildman–Crippen LogP) is 0.655. The van der Waals surface area contributed by atoms with E-state index in [0.717, 1.165) is 11.0 Å². The Bertz CT molecular complexity index is 715. The number of methoxy groups -OCH3 is 1. The molecule has 0 unspecified atom stereocenters. The SMILES string of the molecule is COc1cc(NC2=CC(=O)N(CCO)C2=O)c(I)cc1C(=O)O. The van der Waals surface area contributed by atoms with Crippen LogP contribution >= 0.6 is 22.6 Å². The first-order chi connectivity index (χ1) is 10.9. The summed E-state index contributed by atoms with van der Waals surface area (Å²) in [6.07, 6.45) is 1.13. The van der Waals surface area contributed by atoms with Crippen LogP contribution in [0.15, 0.2) is 23.9 Å². The van der Waals surface area contributed by atoms with Gasteiger partial charge in [-0.2, -0.15) is 0 Å². The molecule has 1 heterocycles. The average molecular weight is 432 g/mol. The van der Waals surface area contributed by atoms with Gasteiger partial charge in [0.05, 0.1) is 25.9 Å². The molecule has 1 aliphatic heterocycles. The number of aromatic carboxylic acids is 1. The van der Waals surface area contributed by atoms with Crippen molar-refractivity contribution in [1.29, 1.82) is 0 Å². The second-order valence-electron chi connectivity index (χ2n) is 4.54. The van der Waals surface area contributed by atoms with E-state index in [0.29, 0.717) is 9.26 Å². The summed E-state index contributed by atoms with van der Waals surface area (Å²) >= 11 is 1.91. The quantitative estimate of drug-likeness (QED) is 0.447. The van der Waals surface area contributed by atoms with E-state index in [4.69, 9.17) is 14.9 Å². The normalized spacial score (nSPS) is 14.0. The highest BCUT2D eigenvalue weighted by molar-refractivity contribution is 14.1. The maximum atomic E-state index is 12.1. The van der Waals surface area contributed by atoms with Crippen molar-refractivity contribution < 1.29 is 29.3 Å². The molecule has 1 aromatic carbocycles. The molecule has 0 radical (unpaired) electrons. The van der Waals surface area contributed by atoms with Gasteiger partial charge >= 0.3 is 5.97 Å². The summed E-state index contributed by atoms with van der Waals surface area (Å²) in [6.45, 7) is -0.408. The molecular weight excluding hydrogens is 419 g/mol. The molecule has 0 fully saturated rings. The number of carbonyl (C=O) groups excluding carboxylic acids is 2. The molecule has 0 saturated heterocycles. The van der Waals surface area contributed by atoms with E-state index in [1.165, 1.54) is 19.2 Å². The number of hydrogen-bond donors (Lipinski definition) is 3. The highest BCUT2D eigenvalue weighted by Gasteiger charge is 2.31. The van der Waals surface area contributed by atoms with Crippen LogP contribution in [0.2, 0.25) is 0 Å². The number of carboxylic acids is 1. The summed E-state index contributed by atoms with van der Waals surface area (Å²) < 4.78 is 5.58. The molecule has 0 saturated carbocycles. The average Bonchev–Trinajstić information content (AvgIpc) is 2.76. The second-order valence-corrected chi connectivity index (χ2v) is 5.70. The molecule has 122 valence electrons. The van der Waals surface area contributed by atoms with Gasteiger partial charge in [0.15, 0.2) is 0 Å². The van der Waals surface area contributed by atoms with E-state index < -0.39 is 17.8 Å². The fourth-order valence-electron chi connectivity index (χ4n) is 2.04. The largest absolute Gasteiger partial charge is 0.496 e. The molecule has 0 aliphatic carbocycles. The molecule has 2 amide bonds. The van der Waals surface area contributed by atoms with Crippen LogP contribution in [0.3, 0.4) is 0 Å². The zero-order chi connectivity index (χ0) is 17.1. The minimum atomic E-state index is -1.13. The van der Waals surface area contributed by atoms with Gasteiger partial charge in [-0.25, -0.2) is 4.79 Å². The van der Waals surface area contributed by atoms with Gasteiger partial charge in [0.25, 0.3) is 11.8 Å². The first-order valence-electron chi connectivity index (χ1n) is 6.45. The monoisotopic (exact) mass is 432 g/mol. The summed E-state index contributed by atoms with van der Waals surface area (Å²) in [5.41, 5.74) is 0.476. The van der Waals surface area contributed by atoms with Gasteiger partial charge in [-0.3, -0.25) is 14.5 Å². The molecule has 9 heteroatoms. The van der Waals surface area contributed by atoms with E-state index in [2.05, 4.69) is 5.32 Å². The van der Waals surface area contributed by atoms with E-state index >= 15 is 0 Å². The van der Waals surface area contributed by atoms with Crippen molar-refractivity contribution in [2.24, 2.45) is 0 Å². The third kappa shape index (κ3) is 3.45. The minimum absolute atomic E-state index is 0.00726. The van der Waals surface area contributed by atoms with Gasteiger partial charge in [0.2, 0.25) is 0 Å². The number of aliphatic hydroxyl groups is 1. The molecule has 1 aromatic rings. The minimum Gasteiger partial charge on any atom is -0.496 e. The Labute approximate surface area is 144 Å². The molecule has 0 atom stereocenters. The Balaban J connectivity index is 2.31. The Kier molecular flexibility index (Phi) is 5.21. The topological polar surface area (TPSA) is 116 Å². The molecule has 8 nitrogen and oxygen atoms in total. The van der Waals surface area contributed by atoms with E-state index in [1.807, 2.05) is 22.6 Å². The lowest BCUT2D eigenvalue weighted by molar-refractivity contribution is -0.137. The molecule has 1 aliphatic rings. The number of hydrogen-bond acceptors (Lipinski definition) is 6. The number of ether oxygens (including phenoxy) is 1. The summed E-state index contributed by atoms with van der Waals surface area (Å²) in [5.74, 6) is -2.08. The molecule has 0 spiro atoms. The number of carboxylic acid groups (broad SMARTS) is 1. The van der Waals surface area contributed by atoms with Crippen molar-refractivity contribution in [1.82, 2.24) is 4.90 Å². The van der Waals surface area contributed by atoms with Crippen molar-refractivity contribution in [3.63, 3.8) is 0 Å². The fourth-order valence-corrected chi connectivity index (χ4v) is 2.64. The van der Waals surface area contributed by atoms with Gasteiger partial charge in [0.1, 0.15) is 17.0 Å². The summed E-state index contributed by atoms with van der Waals surface area (Å²) in [7, 11) is 1.34. The molecule has 23 heavy (non-hydrogen) atoms. The lowest BCUT2D eigenvalue weighted by Gasteiger charge is -2.15. The maximum Gasteiger partial charge on any atom is 0.339 e. The Hall–Kier alpha value is -2.14. The van der Waals surface area contributed by atoms with Crippen molar-refractivity contribution >= 4 is 46.1 Å². The third-order valence-electron chi connectivity index (χ3n) is 3.12. The third-order valence-corrected chi connectivity index (χ3v) is 4.01. The second kappa shape index (κ2) is 6.96. The number of imide groups is 1. The number of rotatable bonds is 6. The van der Waals surface area contributed by atoms with Crippen LogP contribution in [0.4, 0.5) is 5.69 Å². The van der Waals surface area contributed by atoms with E-state index in [-0.39, 0.29) is 30.2 Å². The van der Waals surface area contributed by atoms with Crippen LogP contribution in [0, 0.1) is 3.57 Å². The number of anilines is 1. The van der Waals surface area contributed by atoms with Crippen molar-refractivity contribution in [3.8, 4) is 5.75 Å². The van der Waals surface area contributed by atoms with E-state index in [9.17, 15) is 14.4 Å². The van der Waals surface area contributed by atoms with Crippen LogP contribution in [0.25, 0.3) is 0 Å². The summed E-state index contributed by atoms with van der Waals surface area (Å²) in [6, 6.07) is 2.84. The number of halogens is 1. The molecule has 0 bridgehead atoms. The lowest BCUT2D eigenvalue weighted by atomic mass is 10.1. The van der Waals surface area contributed by atoms with Crippen molar-refractivity contribution in [3.05, 3.63) is 33.0 Å². The first kappa shape index (κ1) is 17.2. The Morgan fingerprint density at radius 2 is 2.09 bits per heavy atom. The number of carbonyl (C=O) groups is 3. The number of nitrogens with one attached hydrogen (secondary N) is 1. The molecule has 2 rings (SSSR count). The zero-order valence-corrected chi connectivity index (χ0v) is 14.2. The van der Waals surface area contributed by atoms with Gasteiger partial charge in [-0.1, -0.05) is 0 Å². The highest BCUT2D eigenvalue weighted by Crippen LogP contribution is 2.30. The molecular formula is C14H13IN2O6. The first-order valence-corrected chi connectivity index (χ1v) is 7.53. The highest BCUT2D eigenvalue weighted by atomic mass is 127. The zero-order valence-electron chi connectivity index (χ0n) is 12.0. The lowest BCUT2D eigenvalue weighted by Crippen LogP contribution is -2.34. The van der Waals surface area contributed by atoms with Crippen LogP contribution in [0.1, 0.15) is 10.4 Å². The Morgan fingerprint density at radius 3 is 2.65 bits per heavy atom. The van der Waals surface area contributed by atoms with Crippen LogP contribution < -0.4 is 10.1 Å². The number of nitrogens with zero attached hydrogens (tertiary/aromatic N) is 1. The van der Waals surface area contributed by atoms with Crippen LogP contribution in [-0.2, 0) is 9.59 Å².